The lowest BCUT2D eigenvalue weighted by Crippen LogP contribution is -2.11. The number of para-hydroxylation sites is 2. The van der Waals surface area contributed by atoms with Gasteiger partial charge in [0.2, 0.25) is 0 Å². The molecule has 0 radical (unpaired) electrons. The number of hydrogen-bond acceptors (Lipinski definition) is 3. The molecule has 0 fully saturated rings. The Hall–Kier alpha value is -2.62. The number of nitrogens with zero attached hydrogens (tertiary/aromatic N) is 2. The standard InChI is InChI=1S/C22H26N2O2/c1-5-8-20(25)26-15-24-19-10-7-6-9-18(19)23-21(24)16-11-13-17(14-12-16)22(2,3)4/h6-7,9-14H,5,8,15H2,1-4H3. The summed E-state index contributed by atoms with van der Waals surface area (Å²) in [5, 5.41) is 0. The first-order chi connectivity index (χ1) is 12.4. The zero-order valence-corrected chi connectivity index (χ0v) is 16.0. The van der Waals surface area contributed by atoms with E-state index in [0.717, 1.165) is 28.8 Å². The summed E-state index contributed by atoms with van der Waals surface area (Å²) in [6.07, 6.45) is 1.22. The Labute approximate surface area is 154 Å². The minimum absolute atomic E-state index is 0.106. The van der Waals surface area contributed by atoms with Crippen LogP contribution < -0.4 is 0 Å². The van der Waals surface area contributed by atoms with Gasteiger partial charge < -0.3 is 4.74 Å². The van der Waals surface area contributed by atoms with E-state index < -0.39 is 0 Å². The Morgan fingerprint density at radius 2 is 1.77 bits per heavy atom. The fraction of sp³-hybridized carbons (Fsp3) is 0.364. The van der Waals surface area contributed by atoms with Crippen LogP contribution >= 0.6 is 0 Å². The van der Waals surface area contributed by atoms with Crippen molar-refractivity contribution in [1.82, 2.24) is 9.55 Å². The van der Waals surface area contributed by atoms with Crippen LogP contribution in [0.2, 0.25) is 0 Å². The summed E-state index contributed by atoms with van der Waals surface area (Å²) in [6.45, 7) is 8.74. The van der Waals surface area contributed by atoms with Crippen molar-refractivity contribution in [3.63, 3.8) is 0 Å². The Morgan fingerprint density at radius 3 is 2.42 bits per heavy atom. The average molecular weight is 350 g/mol. The molecule has 0 aliphatic carbocycles. The number of carbonyl (C=O) groups is 1. The van der Waals surface area contributed by atoms with Gasteiger partial charge in [0.25, 0.3) is 0 Å². The number of aromatic nitrogens is 2. The first kappa shape index (κ1) is 18.2. The van der Waals surface area contributed by atoms with Gasteiger partial charge in [-0.2, -0.15) is 0 Å². The van der Waals surface area contributed by atoms with Crippen molar-refractivity contribution in [2.24, 2.45) is 0 Å². The first-order valence-electron chi connectivity index (χ1n) is 9.12. The van der Waals surface area contributed by atoms with E-state index in [2.05, 4.69) is 45.0 Å². The molecular formula is C22H26N2O2. The van der Waals surface area contributed by atoms with Gasteiger partial charge >= 0.3 is 5.97 Å². The Bertz CT molecular complexity index is 902. The van der Waals surface area contributed by atoms with Gasteiger partial charge in [-0.1, -0.05) is 64.1 Å². The van der Waals surface area contributed by atoms with E-state index in [0.29, 0.717) is 6.42 Å². The molecule has 0 aliphatic rings. The molecule has 1 heterocycles. The molecular weight excluding hydrogens is 324 g/mol. The largest absolute Gasteiger partial charge is 0.444 e. The monoisotopic (exact) mass is 350 g/mol. The lowest BCUT2D eigenvalue weighted by atomic mass is 9.87. The second-order valence-electron chi connectivity index (χ2n) is 7.57. The Kier molecular flexibility index (Phi) is 5.12. The van der Waals surface area contributed by atoms with Crippen LogP contribution in [-0.4, -0.2) is 15.5 Å². The lowest BCUT2D eigenvalue weighted by Gasteiger charge is -2.19. The molecule has 0 N–H and O–H groups in total. The van der Waals surface area contributed by atoms with Crippen LogP contribution in [-0.2, 0) is 21.7 Å². The van der Waals surface area contributed by atoms with Crippen LogP contribution in [0.4, 0.5) is 0 Å². The maximum absolute atomic E-state index is 11.8. The van der Waals surface area contributed by atoms with E-state index in [1.165, 1.54) is 5.56 Å². The zero-order chi connectivity index (χ0) is 18.7. The summed E-state index contributed by atoms with van der Waals surface area (Å²) in [5.74, 6) is 0.635. The molecule has 4 heteroatoms. The fourth-order valence-corrected chi connectivity index (χ4v) is 2.96. The number of ether oxygens (including phenoxy) is 1. The van der Waals surface area contributed by atoms with E-state index in [9.17, 15) is 4.79 Å². The highest BCUT2D eigenvalue weighted by molar-refractivity contribution is 5.80. The van der Waals surface area contributed by atoms with Crippen molar-refractivity contribution >= 4 is 17.0 Å². The van der Waals surface area contributed by atoms with Crippen LogP contribution in [0.5, 0.6) is 0 Å². The Morgan fingerprint density at radius 1 is 1.08 bits per heavy atom. The van der Waals surface area contributed by atoms with E-state index in [-0.39, 0.29) is 18.1 Å². The highest BCUT2D eigenvalue weighted by Gasteiger charge is 2.16. The van der Waals surface area contributed by atoms with Gasteiger partial charge in [0.05, 0.1) is 11.0 Å². The highest BCUT2D eigenvalue weighted by Crippen LogP contribution is 2.28. The van der Waals surface area contributed by atoms with Gasteiger partial charge in [0.1, 0.15) is 5.82 Å². The van der Waals surface area contributed by atoms with Crippen molar-refractivity contribution in [3.05, 3.63) is 54.1 Å². The minimum Gasteiger partial charge on any atom is -0.444 e. The van der Waals surface area contributed by atoms with Crippen LogP contribution in [0.3, 0.4) is 0 Å². The van der Waals surface area contributed by atoms with Crippen molar-refractivity contribution in [2.75, 3.05) is 0 Å². The summed E-state index contributed by atoms with van der Waals surface area (Å²) >= 11 is 0. The third-order valence-electron chi connectivity index (χ3n) is 4.47. The smallest absolute Gasteiger partial charge is 0.307 e. The molecule has 0 atom stereocenters. The van der Waals surface area contributed by atoms with Crippen molar-refractivity contribution in [3.8, 4) is 11.4 Å². The van der Waals surface area contributed by atoms with Crippen LogP contribution in [0, 0.1) is 0 Å². The van der Waals surface area contributed by atoms with Crippen molar-refractivity contribution in [2.45, 2.75) is 52.7 Å². The fourth-order valence-electron chi connectivity index (χ4n) is 2.96. The quantitative estimate of drug-likeness (QED) is 0.586. The number of benzene rings is 2. The number of hydrogen-bond donors (Lipinski definition) is 0. The topological polar surface area (TPSA) is 44.1 Å². The number of rotatable bonds is 5. The maximum atomic E-state index is 11.8. The summed E-state index contributed by atoms with van der Waals surface area (Å²) < 4.78 is 7.43. The number of carbonyl (C=O) groups excluding carboxylic acids is 1. The maximum Gasteiger partial charge on any atom is 0.307 e. The molecule has 4 nitrogen and oxygen atoms in total. The number of esters is 1. The molecule has 1 aromatic heterocycles. The van der Waals surface area contributed by atoms with E-state index >= 15 is 0 Å². The SMILES string of the molecule is CCCC(=O)OCn1c(-c2ccc(C(C)(C)C)cc2)nc2ccccc21. The first-order valence-corrected chi connectivity index (χ1v) is 9.12. The predicted octanol–water partition coefficient (Wildman–Crippen LogP) is 5.30. The summed E-state index contributed by atoms with van der Waals surface area (Å²) in [7, 11) is 0. The molecule has 3 rings (SSSR count). The van der Waals surface area contributed by atoms with E-state index in [1.807, 2.05) is 35.8 Å². The number of imidazole rings is 1. The third-order valence-corrected chi connectivity index (χ3v) is 4.47. The van der Waals surface area contributed by atoms with E-state index in [4.69, 9.17) is 9.72 Å². The summed E-state index contributed by atoms with van der Waals surface area (Å²) in [4.78, 5) is 16.6. The molecule has 0 saturated carbocycles. The lowest BCUT2D eigenvalue weighted by molar-refractivity contribution is -0.147. The molecule has 0 unspecified atom stereocenters. The molecule has 2 aromatic carbocycles. The predicted molar refractivity (Wildman–Crippen MR) is 105 cm³/mol. The minimum atomic E-state index is -0.181. The van der Waals surface area contributed by atoms with Gasteiger partial charge in [-0.25, -0.2) is 4.98 Å². The molecule has 0 spiro atoms. The molecule has 0 amide bonds. The summed E-state index contributed by atoms with van der Waals surface area (Å²) in [5.41, 5.74) is 4.26. The molecule has 0 aliphatic heterocycles. The summed E-state index contributed by atoms with van der Waals surface area (Å²) in [6, 6.07) is 16.4. The third kappa shape index (κ3) is 3.79. The van der Waals surface area contributed by atoms with Gasteiger partial charge in [-0.3, -0.25) is 9.36 Å². The van der Waals surface area contributed by atoms with Gasteiger partial charge in [-0.15, -0.1) is 0 Å². The van der Waals surface area contributed by atoms with Crippen molar-refractivity contribution in [1.29, 1.82) is 0 Å². The van der Waals surface area contributed by atoms with Crippen molar-refractivity contribution < 1.29 is 9.53 Å². The highest BCUT2D eigenvalue weighted by atomic mass is 16.5. The molecule has 0 bridgehead atoms. The molecule has 0 saturated heterocycles. The van der Waals surface area contributed by atoms with Crippen LogP contribution in [0.15, 0.2) is 48.5 Å². The van der Waals surface area contributed by atoms with Gasteiger partial charge in [0, 0.05) is 12.0 Å². The Balaban J connectivity index is 1.99. The number of fused-ring (bicyclic) bond motifs is 1. The van der Waals surface area contributed by atoms with Crippen LogP contribution in [0.25, 0.3) is 22.4 Å². The average Bonchev–Trinajstić information content (AvgIpc) is 2.98. The molecule has 26 heavy (non-hydrogen) atoms. The second kappa shape index (κ2) is 7.32. The second-order valence-corrected chi connectivity index (χ2v) is 7.57. The van der Waals surface area contributed by atoms with Crippen LogP contribution in [0.1, 0.15) is 46.1 Å². The normalized spacial score (nSPS) is 11.7. The zero-order valence-electron chi connectivity index (χ0n) is 16.0. The van der Waals surface area contributed by atoms with E-state index in [1.54, 1.807) is 0 Å². The molecule has 136 valence electrons. The van der Waals surface area contributed by atoms with Gasteiger partial charge in [0.15, 0.2) is 6.73 Å². The molecule has 3 aromatic rings. The van der Waals surface area contributed by atoms with Gasteiger partial charge in [-0.05, 0) is 29.5 Å².